The number of halogens is 6. The number of hydrogen-bond donors (Lipinski definition) is 0. The van der Waals surface area contributed by atoms with Crippen molar-refractivity contribution < 1.29 is 35.6 Å². The lowest BCUT2D eigenvalue weighted by Crippen LogP contribution is -2.43. The molecule has 0 bridgehead atoms. The molecule has 1 aromatic carbocycles. The Morgan fingerprint density at radius 3 is 2.26 bits per heavy atom. The number of rotatable bonds is 2. The predicted octanol–water partition coefficient (Wildman–Crippen LogP) is 3.95. The number of carbonyl (C=O) groups is 1. The second-order valence-corrected chi connectivity index (χ2v) is 3.69. The van der Waals surface area contributed by atoms with Gasteiger partial charge in [-0.2, -0.15) is 22.0 Å². The molecule has 2 rings (SSSR count). The molecule has 0 atom stereocenters. The fourth-order valence-electron chi connectivity index (χ4n) is 1.41. The van der Waals surface area contributed by atoms with Crippen LogP contribution in [0.4, 0.5) is 26.3 Å². The zero-order valence-corrected chi connectivity index (χ0v) is 8.89. The highest BCUT2D eigenvalue weighted by Gasteiger charge is 2.64. The third-order valence-corrected chi connectivity index (χ3v) is 2.34. The third kappa shape index (κ3) is 2.18. The first-order valence-corrected chi connectivity index (χ1v) is 4.81. The zero-order chi connectivity index (χ0) is 14.4. The second kappa shape index (κ2) is 4.01. The number of hydrogen-bond acceptors (Lipinski definition) is 2. The van der Waals surface area contributed by atoms with E-state index in [2.05, 4.69) is 4.42 Å². The number of alkyl halides is 5. The summed E-state index contributed by atoms with van der Waals surface area (Å²) in [7, 11) is 0. The molecule has 2 nitrogen and oxygen atoms in total. The van der Waals surface area contributed by atoms with Gasteiger partial charge in [0.1, 0.15) is 11.4 Å². The number of fused-ring (bicyclic) bond motifs is 1. The first kappa shape index (κ1) is 13.4. The molecule has 1 aromatic heterocycles. The summed E-state index contributed by atoms with van der Waals surface area (Å²) in [6.45, 7) is 0. The van der Waals surface area contributed by atoms with E-state index in [4.69, 9.17) is 0 Å². The molecule has 0 saturated heterocycles. The van der Waals surface area contributed by atoms with E-state index in [1.807, 2.05) is 0 Å². The maximum absolute atomic E-state index is 12.8. The fraction of sp³-hybridized carbons (Fsp3) is 0.182. The normalized spacial score (nSPS) is 12.9. The van der Waals surface area contributed by atoms with Gasteiger partial charge in [0.2, 0.25) is 0 Å². The van der Waals surface area contributed by atoms with Crippen LogP contribution in [0.25, 0.3) is 11.0 Å². The average molecular weight is 282 g/mol. The van der Waals surface area contributed by atoms with E-state index in [0.717, 1.165) is 18.2 Å². The van der Waals surface area contributed by atoms with Crippen LogP contribution in [0.2, 0.25) is 0 Å². The van der Waals surface area contributed by atoms with Gasteiger partial charge in [-0.25, -0.2) is 4.39 Å². The van der Waals surface area contributed by atoms with Crippen LogP contribution in [0.15, 0.2) is 28.7 Å². The lowest BCUT2D eigenvalue weighted by atomic mass is 10.1. The van der Waals surface area contributed by atoms with E-state index in [-0.39, 0.29) is 11.0 Å². The molecule has 0 aliphatic heterocycles. The second-order valence-electron chi connectivity index (χ2n) is 3.69. The fourth-order valence-corrected chi connectivity index (χ4v) is 1.41. The molecule has 0 radical (unpaired) electrons. The van der Waals surface area contributed by atoms with Gasteiger partial charge in [-0.3, -0.25) is 4.79 Å². The van der Waals surface area contributed by atoms with Crippen LogP contribution >= 0.6 is 0 Å². The molecule has 2 aromatic rings. The van der Waals surface area contributed by atoms with Crippen molar-refractivity contribution >= 4 is 16.8 Å². The van der Waals surface area contributed by atoms with Crippen molar-refractivity contribution in [2.45, 2.75) is 12.1 Å². The van der Waals surface area contributed by atoms with Crippen LogP contribution in [-0.2, 0) is 0 Å². The molecule has 0 aliphatic carbocycles. The standard InChI is InChI=1S/C11H4F6O2/c12-6-1-2-7-5(3-6)4-8(19-7)9(18)10(13,14)11(15,16)17/h1-4H. The third-order valence-electron chi connectivity index (χ3n) is 2.34. The first-order chi connectivity index (χ1) is 8.63. The zero-order valence-electron chi connectivity index (χ0n) is 8.89. The lowest BCUT2D eigenvalue weighted by Gasteiger charge is -2.16. The molecule has 0 N–H and O–H groups in total. The van der Waals surface area contributed by atoms with Gasteiger partial charge < -0.3 is 4.42 Å². The van der Waals surface area contributed by atoms with Crippen molar-refractivity contribution in [2.75, 3.05) is 0 Å². The summed E-state index contributed by atoms with van der Waals surface area (Å²) < 4.78 is 79.1. The molecular formula is C11H4F6O2. The van der Waals surface area contributed by atoms with Gasteiger partial charge >= 0.3 is 12.1 Å². The highest BCUT2D eigenvalue weighted by Crippen LogP contribution is 2.38. The molecule has 1 heterocycles. The summed E-state index contributed by atoms with van der Waals surface area (Å²) in [5, 5.41) is -0.0821. The van der Waals surface area contributed by atoms with Gasteiger partial charge in [-0.05, 0) is 24.3 Å². The molecule has 102 valence electrons. The Balaban J connectivity index is 2.48. The minimum atomic E-state index is -6.02. The van der Waals surface area contributed by atoms with Gasteiger partial charge in [0, 0.05) is 5.39 Å². The summed E-state index contributed by atoms with van der Waals surface area (Å²) in [5.41, 5.74) is -0.164. The molecule has 8 heteroatoms. The number of benzene rings is 1. The molecule has 0 saturated carbocycles. The van der Waals surface area contributed by atoms with E-state index in [1.54, 1.807) is 0 Å². The highest BCUT2D eigenvalue weighted by molar-refractivity contribution is 6.02. The Hall–Kier alpha value is -1.99. The summed E-state index contributed by atoms with van der Waals surface area (Å²) >= 11 is 0. The minimum Gasteiger partial charge on any atom is -0.453 e. The maximum atomic E-state index is 12.8. The van der Waals surface area contributed by atoms with Crippen molar-refractivity contribution in [2.24, 2.45) is 0 Å². The SMILES string of the molecule is O=C(c1cc2cc(F)ccc2o1)C(F)(F)C(F)(F)F. The lowest BCUT2D eigenvalue weighted by molar-refractivity contribution is -0.256. The van der Waals surface area contributed by atoms with E-state index >= 15 is 0 Å². The van der Waals surface area contributed by atoms with Crippen LogP contribution in [-0.4, -0.2) is 17.9 Å². The maximum Gasteiger partial charge on any atom is 0.461 e. The van der Waals surface area contributed by atoms with Gasteiger partial charge in [0.25, 0.3) is 5.78 Å². The van der Waals surface area contributed by atoms with Gasteiger partial charge in [-0.1, -0.05) is 0 Å². The van der Waals surface area contributed by atoms with E-state index in [9.17, 15) is 31.1 Å². The first-order valence-electron chi connectivity index (χ1n) is 4.81. The largest absolute Gasteiger partial charge is 0.461 e. The Bertz CT molecular complexity index is 640. The van der Waals surface area contributed by atoms with Gasteiger partial charge in [-0.15, -0.1) is 0 Å². The van der Waals surface area contributed by atoms with Crippen molar-refractivity contribution in [1.82, 2.24) is 0 Å². The van der Waals surface area contributed by atoms with Crippen LogP contribution in [0.5, 0.6) is 0 Å². The van der Waals surface area contributed by atoms with Crippen molar-refractivity contribution in [1.29, 1.82) is 0 Å². The Kier molecular flexibility index (Phi) is 2.83. The van der Waals surface area contributed by atoms with Crippen molar-refractivity contribution in [3.05, 3.63) is 35.8 Å². The molecule has 0 aliphatic rings. The van der Waals surface area contributed by atoms with Gasteiger partial charge in [0.15, 0.2) is 5.76 Å². The molecule has 0 amide bonds. The summed E-state index contributed by atoms with van der Waals surface area (Å²) in [6, 6.07) is 3.43. The van der Waals surface area contributed by atoms with Gasteiger partial charge in [0.05, 0.1) is 0 Å². The molecule has 19 heavy (non-hydrogen) atoms. The number of Topliss-reactive ketones (excluding diaryl/α,β-unsaturated/α-hetero) is 1. The summed E-state index contributed by atoms with van der Waals surface area (Å²) in [4.78, 5) is 11.1. The molecular weight excluding hydrogens is 278 g/mol. The van der Waals surface area contributed by atoms with Crippen LogP contribution in [0.1, 0.15) is 10.6 Å². The summed E-state index contributed by atoms with van der Waals surface area (Å²) in [6.07, 6.45) is -6.02. The van der Waals surface area contributed by atoms with Crippen LogP contribution in [0.3, 0.4) is 0 Å². The Morgan fingerprint density at radius 2 is 1.68 bits per heavy atom. The Labute approximate surface area is 101 Å². The quantitative estimate of drug-likeness (QED) is 0.616. The smallest absolute Gasteiger partial charge is 0.453 e. The highest BCUT2D eigenvalue weighted by atomic mass is 19.4. The molecule has 0 unspecified atom stereocenters. The van der Waals surface area contributed by atoms with Crippen LogP contribution < -0.4 is 0 Å². The number of carbonyl (C=O) groups excluding carboxylic acids is 1. The predicted molar refractivity (Wildman–Crippen MR) is 51.5 cm³/mol. The van der Waals surface area contributed by atoms with Crippen molar-refractivity contribution in [3.63, 3.8) is 0 Å². The van der Waals surface area contributed by atoms with E-state index in [1.165, 1.54) is 0 Å². The summed E-state index contributed by atoms with van der Waals surface area (Å²) in [5.74, 6) is -9.99. The van der Waals surface area contributed by atoms with Crippen molar-refractivity contribution in [3.8, 4) is 0 Å². The monoisotopic (exact) mass is 282 g/mol. The van der Waals surface area contributed by atoms with E-state index < -0.39 is 29.5 Å². The Morgan fingerprint density at radius 1 is 1.05 bits per heavy atom. The number of ketones is 1. The average Bonchev–Trinajstić information content (AvgIpc) is 2.68. The number of furan rings is 1. The molecule has 0 spiro atoms. The van der Waals surface area contributed by atoms with E-state index in [0.29, 0.717) is 6.07 Å². The molecule has 0 fully saturated rings. The minimum absolute atomic E-state index is 0.0821. The van der Waals surface area contributed by atoms with Crippen LogP contribution in [0, 0.1) is 5.82 Å². The topological polar surface area (TPSA) is 30.2 Å².